The molecule has 0 saturated heterocycles. The van der Waals surface area contributed by atoms with Crippen molar-refractivity contribution in [2.75, 3.05) is 0 Å². The van der Waals surface area contributed by atoms with Crippen LogP contribution in [0.2, 0.25) is 0 Å². The van der Waals surface area contributed by atoms with Crippen LogP contribution < -0.4 is 11.4 Å². The first-order valence-electron chi connectivity index (χ1n) is 5.65. The van der Waals surface area contributed by atoms with Crippen molar-refractivity contribution in [1.29, 1.82) is 0 Å². The molecule has 18 heavy (non-hydrogen) atoms. The molecule has 0 saturated carbocycles. The summed E-state index contributed by atoms with van der Waals surface area (Å²) >= 11 is 0. The average Bonchev–Trinajstić information content (AvgIpc) is 2.50. The van der Waals surface area contributed by atoms with Crippen molar-refractivity contribution in [3.63, 3.8) is 0 Å². The van der Waals surface area contributed by atoms with E-state index >= 15 is 0 Å². The lowest BCUT2D eigenvalue weighted by atomic mass is 10.1. The third-order valence-electron chi connectivity index (χ3n) is 3.23. The maximum atomic E-state index is 12.0. The molecule has 2 rings (SSSR count). The number of hydrogen-bond donors (Lipinski definition) is 0. The molecule has 0 bridgehead atoms. The van der Waals surface area contributed by atoms with Crippen molar-refractivity contribution in [2.24, 2.45) is 14.1 Å². The van der Waals surface area contributed by atoms with E-state index in [0.717, 1.165) is 21.4 Å². The van der Waals surface area contributed by atoms with Gasteiger partial charge in [-0.15, -0.1) is 0 Å². The third-order valence-corrected chi connectivity index (χ3v) is 3.23. The van der Waals surface area contributed by atoms with Gasteiger partial charge in [0.2, 0.25) is 0 Å². The quantitative estimate of drug-likeness (QED) is 0.724. The second-order valence-corrected chi connectivity index (χ2v) is 4.48. The number of rotatable bonds is 1. The van der Waals surface area contributed by atoms with Crippen molar-refractivity contribution >= 4 is 0 Å². The van der Waals surface area contributed by atoms with Crippen LogP contribution in [-0.4, -0.2) is 18.9 Å². The number of nitrogens with zero attached hydrogens (tertiary/aromatic N) is 4. The van der Waals surface area contributed by atoms with Crippen molar-refractivity contribution in [3.05, 3.63) is 43.9 Å². The molecule has 0 N–H and O–H groups in total. The van der Waals surface area contributed by atoms with Crippen LogP contribution in [0.3, 0.4) is 0 Å². The Morgan fingerprint density at radius 2 is 1.44 bits per heavy atom. The predicted molar refractivity (Wildman–Crippen MR) is 68.3 cm³/mol. The van der Waals surface area contributed by atoms with E-state index in [1.165, 1.54) is 9.36 Å². The Morgan fingerprint density at radius 3 is 1.94 bits per heavy atom. The lowest BCUT2D eigenvalue weighted by Crippen LogP contribution is -2.28. The monoisotopic (exact) mass is 248 g/mol. The standard InChI is InChI=1S/C12H16N4O2/c1-7-6-8(2)10(13-9(7)3)16-11(17)14(4)15(5)12(16)18/h6H,1-5H3. The molecule has 2 heterocycles. The number of aromatic nitrogens is 4. The Kier molecular flexibility index (Phi) is 2.73. The molecule has 0 aliphatic rings. The molecule has 0 fully saturated rings. The summed E-state index contributed by atoms with van der Waals surface area (Å²) < 4.78 is 3.62. The van der Waals surface area contributed by atoms with Crippen LogP contribution in [0.1, 0.15) is 16.8 Å². The van der Waals surface area contributed by atoms with Gasteiger partial charge in [-0.25, -0.2) is 23.9 Å². The van der Waals surface area contributed by atoms with E-state index in [9.17, 15) is 9.59 Å². The molecule has 0 aliphatic heterocycles. The minimum absolute atomic E-state index is 0.388. The Labute approximate surface area is 104 Å². The lowest BCUT2D eigenvalue weighted by molar-refractivity contribution is 0.565. The average molecular weight is 248 g/mol. The summed E-state index contributed by atoms with van der Waals surface area (Å²) in [6, 6.07) is 1.93. The maximum absolute atomic E-state index is 12.0. The molecule has 0 unspecified atom stereocenters. The van der Waals surface area contributed by atoms with Gasteiger partial charge in [0.15, 0.2) is 0 Å². The van der Waals surface area contributed by atoms with Gasteiger partial charge in [-0.2, -0.15) is 4.57 Å². The van der Waals surface area contributed by atoms with E-state index in [0.29, 0.717) is 5.82 Å². The van der Waals surface area contributed by atoms with Crippen LogP contribution in [0, 0.1) is 20.8 Å². The molecule has 0 aliphatic carbocycles. The van der Waals surface area contributed by atoms with Crippen molar-refractivity contribution in [1.82, 2.24) is 18.9 Å². The van der Waals surface area contributed by atoms with Gasteiger partial charge in [0.05, 0.1) is 0 Å². The zero-order valence-corrected chi connectivity index (χ0v) is 11.2. The summed E-state index contributed by atoms with van der Waals surface area (Å²) in [6.07, 6.45) is 0. The van der Waals surface area contributed by atoms with Crippen molar-refractivity contribution in [3.8, 4) is 5.82 Å². The van der Waals surface area contributed by atoms with Crippen molar-refractivity contribution in [2.45, 2.75) is 20.8 Å². The summed E-state index contributed by atoms with van der Waals surface area (Å²) in [5.41, 5.74) is 1.89. The first kappa shape index (κ1) is 12.3. The smallest absolute Gasteiger partial charge is 0.245 e. The minimum atomic E-state index is -0.388. The van der Waals surface area contributed by atoms with Gasteiger partial charge in [-0.1, -0.05) is 6.07 Å². The first-order chi connectivity index (χ1) is 8.34. The van der Waals surface area contributed by atoms with Crippen LogP contribution in [0.25, 0.3) is 5.82 Å². The molecule has 6 nitrogen and oxygen atoms in total. The molecule has 0 atom stereocenters. The van der Waals surface area contributed by atoms with Crippen LogP contribution in [-0.2, 0) is 14.1 Å². The fraction of sp³-hybridized carbons (Fsp3) is 0.417. The fourth-order valence-corrected chi connectivity index (χ4v) is 1.86. The van der Waals surface area contributed by atoms with E-state index < -0.39 is 0 Å². The first-order valence-corrected chi connectivity index (χ1v) is 5.65. The normalized spacial score (nSPS) is 10.9. The highest BCUT2D eigenvalue weighted by Gasteiger charge is 2.16. The van der Waals surface area contributed by atoms with E-state index in [-0.39, 0.29) is 11.4 Å². The van der Waals surface area contributed by atoms with Gasteiger partial charge >= 0.3 is 11.4 Å². The molecule has 2 aromatic heterocycles. The van der Waals surface area contributed by atoms with Crippen LogP contribution in [0.15, 0.2) is 15.7 Å². The summed E-state index contributed by atoms with van der Waals surface area (Å²) in [6.45, 7) is 5.65. The van der Waals surface area contributed by atoms with Gasteiger partial charge in [0.25, 0.3) is 0 Å². The van der Waals surface area contributed by atoms with Crippen LogP contribution >= 0.6 is 0 Å². The Bertz CT molecular complexity index is 700. The van der Waals surface area contributed by atoms with Gasteiger partial charge < -0.3 is 0 Å². The molecule has 96 valence electrons. The second kappa shape index (κ2) is 3.97. The third kappa shape index (κ3) is 1.61. The van der Waals surface area contributed by atoms with Gasteiger partial charge in [0.1, 0.15) is 5.82 Å². The molecule has 0 spiro atoms. The second-order valence-electron chi connectivity index (χ2n) is 4.48. The molecule has 0 amide bonds. The van der Waals surface area contributed by atoms with E-state index in [2.05, 4.69) is 4.98 Å². The van der Waals surface area contributed by atoms with Gasteiger partial charge in [-0.05, 0) is 31.9 Å². The number of aryl methyl sites for hydroxylation is 3. The highest BCUT2D eigenvalue weighted by molar-refractivity contribution is 5.37. The Morgan fingerprint density at radius 1 is 0.944 bits per heavy atom. The zero-order valence-electron chi connectivity index (χ0n) is 11.2. The predicted octanol–water partition coefficient (Wildman–Crippen LogP) is 0.195. The number of pyridine rings is 1. The van der Waals surface area contributed by atoms with E-state index in [1.807, 2.05) is 26.8 Å². The van der Waals surface area contributed by atoms with Crippen molar-refractivity contribution < 1.29 is 0 Å². The lowest BCUT2D eigenvalue weighted by Gasteiger charge is -2.07. The zero-order chi connectivity index (χ0) is 13.6. The van der Waals surface area contributed by atoms with Gasteiger partial charge in [0, 0.05) is 19.8 Å². The molecule has 2 aromatic rings. The number of hydrogen-bond acceptors (Lipinski definition) is 3. The van der Waals surface area contributed by atoms with Crippen LogP contribution in [0.5, 0.6) is 0 Å². The largest absolute Gasteiger partial charge is 0.352 e. The SMILES string of the molecule is Cc1cc(C)c(-n2c(=O)n(C)n(C)c2=O)nc1C. The van der Waals surface area contributed by atoms with Crippen LogP contribution in [0.4, 0.5) is 0 Å². The topological polar surface area (TPSA) is 61.8 Å². The van der Waals surface area contributed by atoms with E-state index in [1.54, 1.807) is 14.1 Å². The van der Waals surface area contributed by atoms with Gasteiger partial charge in [-0.3, -0.25) is 0 Å². The molecule has 0 aromatic carbocycles. The summed E-state index contributed by atoms with van der Waals surface area (Å²) in [7, 11) is 3.10. The Hall–Kier alpha value is -2.11. The highest BCUT2D eigenvalue weighted by Crippen LogP contribution is 2.12. The molecular weight excluding hydrogens is 232 g/mol. The molecule has 6 heteroatoms. The Balaban J connectivity index is 2.87. The highest BCUT2D eigenvalue weighted by atomic mass is 16.2. The maximum Gasteiger partial charge on any atom is 0.352 e. The summed E-state index contributed by atoms with van der Waals surface area (Å²) in [5, 5.41) is 0. The minimum Gasteiger partial charge on any atom is -0.245 e. The van der Waals surface area contributed by atoms with E-state index in [4.69, 9.17) is 0 Å². The molecule has 0 radical (unpaired) electrons. The summed E-state index contributed by atoms with van der Waals surface area (Å²) in [5.74, 6) is 0.407. The summed E-state index contributed by atoms with van der Waals surface area (Å²) in [4.78, 5) is 28.4. The fourth-order valence-electron chi connectivity index (χ4n) is 1.86. The molecular formula is C12H16N4O2.